The van der Waals surface area contributed by atoms with E-state index in [4.69, 9.17) is 10.5 Å². The quantitative estimate of drug-likeness (QED) is 0.757. The summed E-state index contributed by atoms with van der Waals surface area (Å²) in [6.45, 7) is 5.98. The van der Waals surface area contributed by atoms with Crippen molar-refractivity contribution >= 4 is 42.1 Å². The molecule has 0 radical (unpaired) electrons. The van der Waals surface area contributed by atoms with Gasteiger partial charge in [-0.05, 0) is 44.9 Å². The molecule has 2 N–H and O–H groups in total. The van der Waals surface area contributed by atoms with Crippen molar-refractivity contribution in [1.29, 1.82) is 0 Å². The van der Waals surface area contributed by atoms with E-state index in [1.54, 1.807) is 0 Å². The first kappa shape index (κ1) is 23.7. The lowest BCUT2D eigenvalue weighted by atomic mass is 10.1. The third-order valence-corrected chi connectivity index (χ3v) is 5.50. The van der Waals surface area contributed by atoms with Crippen molar-refractivity contribution in [1.82, 2.24) is 9.88 Å². The number of carbonyl (C=O) groups is 1. The SMILES string of the molecule is Cc1ccc(OCc2nc(CC(=O)N3CC(CN)CC3C)cs2)cc1.Cl.Cl. The summed E-state index contributed by atoms with van der Waals surface area (Å²) >= 11 is 1.54. The van der Waals surface area contributed by atoms with Crippen LogP contribution in [-0.2, 0) is 17.8 Å². The molecule has 1 amide bonds. The topological polar surface area (TPSA) is 68.5 Å². The molecule has 0 saturated carbocycles. The number of rotatable bonds is 6. The minimum Gasteiger partial charge on any atom is -0.486 e. The van der Waals surface area contributed by atoms with Crippen LogP contribution in [0.15, 0.2) is 29.6 Å². The summed E-state index contributed by atoms with van der Waals surface area (Å²) in [5.74, 6) is 1.39. The van der Waals surface area contributed by atoms with Gasteiger partial charge in [0, 0.05) is 18.0 Å². The monoisotopic (exact) mass is 431 g/mol. The third kappa shape index (κ3) is 6.35. The number of nitrogens with zero attached hydrogens (tertiary/aromatic N) is 2. The molecule has 1 aliphatic heterocycles. The maximum absolute atomic E-state index is 12.5. The van der Waals surface area contributed by atoms with Crippen LogP contribution in [-0.4, -0.2) is 34.9 Å². The van der Waals surface area contributed by atoms with Gasteiger partial charge in [0.2, 0.25) is 5.91 Å². The van der Waals surface area contributed by atoms with Crippen molar-refractivity contribution < 1.29 is 9.53 Å². The van der Waals surface area contributed by atoms with E-state index in [1.165, 1.54) is 16.9 Å². The average Bonchev–Trinajstić information content (AvgIpc) is 3.20. The Labute approximate surface area is 177 Å². The van der Waals surface area contributed by atoms with Gasteiger partial charge in [-0.25, -0.2) is 4.98 Å². The van der Waals surface area contributed by atoms with Crippen LogP contribution in [0.2, 0.25) is 0 Å². The molecule has 1 aromatic carbocycles. The van der Waals surface area contributed by atoms with E-state index in [2.05, 4.69) is 11.9 Å². The highest BCUT2D eigenvalue weighted by Crippen LogP contribution is 2.23. The third-order valence-electron chi connectivity index (χ3n) is 4.63. The zero-order chi connectivity index (χ0) is 17.8. The first-order valence-corrected chi connectivity index (χ1v) is 9.55. The fourth-order valence-corrected chi connectivity index (χ4v) is 3.90. The van der Waals surface area contributed by atoms with E-state index < -0.39 is 0 Å². The molecule has 1 aromatic heterocycles. The number of likely N-dealkylation sites (tertiary alicyclic amines) is 1. The van der Waals surface area contributed by atoms with Crippen molar-refractivity contribution in [3.63, 3.8) is 0 Å². The minimum absolute atomic E-state index is 0. The number of carbonyl (C=O) groups excluding carboxylic acids is 1. The Bertz CT molecular complexity index is 724. The van der Waals surface area contributed by atoms with Crippen molar-refractivity contribution in [3.05, 3.63) is 45.9 Å². The summed E-state index contributed by atoms with van der Waals surface area (Å²) in [5.41, 5.74) is 7.77. The van der Waals surface area contributed by atoms with Crippen molar-refractivity contribution in [3.8, 4) is 5.75 Å². The highest BCUT2D eigenvalue weighted by Gasteiger charge is 2.31. The summed E-state index contributed by atoms with van der Waals surface area (Å²) in [7, 11) is 0. The molecule has 5 nitrogen and oxygen atoms in total. The van der Waals surface area contributed by atoms with Gasteiger partial charge in [-0.15, -0.1) is 36.2 Å². The van der Waals surface area contributed by atoms with Crippen LogP contribution >= 0.6 is 36.2 Å². The molecule has 0 bridgehead atoms. The highest BCUT2D eigenvalue weighted by molar-refractivity contribution is 7.09. The number of ether oxygens (including phenoxy) is 1. The lowest BCUT2D eigenvalue weighted by molar-refractivity contribution is -0.131. The van der Waals surface area contributed by atoms with Gasteiger partial charge in [0.05, 0.1) is 12.1 Å². The summed E-state index contributed by atoms with van der Waals surface area (Å²) in [4.78, 5) is 19.0. The number of halogens is 2. The van der Waals surface area contributed by atoms with Gasteiger partial charge in [0.25, 0.3) is 0 Å². The number of aryl methyl sites for hydroxylation is 1. The minimum atomic E-state index is 0. The Balaban J connectivity index is 0.00000182. The Morgan fingerprint density at radius 3 is 2.67 bits per heavy atom. The van der Waals surface area contributed by atoms with Crippen LogP contribution in [0.5, 0.6) is 5.75 Å². The van der Waals surface area contributed by atoms with E-state index in [0.29, 0.717) is 25.5 Å². The van der Waals surface area contributed by atoms with Crippen molar-refractivity contribution in [2.24, 2.45) is 11.7 Å². The molecule has 0 aliphatic carbocycles. The molecule has 3 rings (SSSR count). The second-order valence-corrected chi connectivity index (χ2v) is 7.69. The maximum Gasteiger partial charge on any atom is 0.228 e. The molecule has 2 unspecified atom stereocenters. The van der Waals surface area contributed by atoms with Gasteiger partial charge in [-0.3, -0.25) is 4.79 Å². The molecule has 150 valence electrons. The second-order valence-electron chi connectivity index (χ2n) is 6.74. The fraction of sp³-hybridized carbons (Fsp3) is 0.474. The Morgan fingerprint density at radius 1 is 1.33 bits per heavy atom. The number of aromatic nitrogens is 1. The van der Waals surface area contributed by atoms with Gasteiger partial charge < -0.3 is 15.4 Å². The summed E-state index contributed by atoms with van der Waals surface area (Å²) in [6.07, 6.45) is 1.34. The van der Waals surface area contributed by atoms with E-state index >= 15 is 0 Å². The molecule has 1 fully saturated rings. The molecule has 2 aromatic rings. The van der Waals surface area contributed by atoms with Crippen LogP contribution in [0.3, 0.4) is 0 Å². The molecule has 2 heterocycles. The molecule has 1 aliphatic rings. The number of hydrogen-bond acceptors (Lipinski definition) is 5. The predicted octanol–water partition coefficient (Wildman–Crippen LogP) is 3.61. The molecule has 2 atom stereocenters. The fourth-order valence-electron chi connectivity index (χ4n) is 3.19. The van der Waals surface area contributed by atoms with Gasteiger partial charge in [0.1, 0.15) is 17.4 Å². The zero-order valence-electron chi connectivity index (χ0n) is 15.6. The van der Waals surface area contributed by atoms with Crippen LogP contribution in [0, 0.1) is 12.8 Å². The molecule has 27 heavy (non-hydrogen) atoms. The van der Waals surface area contributed by atoms with E-state index in [0.717, 1.165) is 29.4 Å². The lowest BCUT2D eigenvalue weighted by Gasteiger charge is -2.21. The molecular formula is C19H27Cl2N3O2S. The lowest BCUT2D eigenvalue weighted by Crippen LogP contribution is -2.35. The Morgan fingerprint density at radius 2 is 2.04 bits per heavy atom. The Kier molecular flexibility index (Phi) is 9.53. The second kappa shape index (κ2) is 10.9. The van der Waals surface area contributed by atoms with E-state index in [1.807, 2.05) is 41.5 Å². The average molecular weight is 432 g/mol. The standard InChI is InChI=1S/C19H25N3O2S.2ClH/c1-13-3-5-17(6-4-13)24-11-18-21-16(12-25-18)8-19(23)22-10-15(9-20)7-14(22)2;;/h3-6,12,14-15H,7-11,20H2,1-2H3;2*1H. The van der Waals surface area contributed by atoms with Crippen molar-refractivity contribution in [2.45, 2.75) is 39.3 Å². The van der Waals surface area contributed by atoms with Gasteiger partial charge in [0.15, 0.2) is 0 Å². The van der Waals surface area contributed by atoms with Crippen LogP contribution in [0.1, 0.15) is 29.6 Å². The van der Waals surface area contributed by atoms with Gasteiger partial charge in [-0.2, -0.15) is 0 Å². The molecular weight excluding hydrogens is 405 g/mol. The first-order chi connectivity index (χ1) is 12.0. The van der Waals surface area contributed by atoms with Gasteiger partial charge in [-0.1, -0.05) is 17.7 Å². The predicted molar refractivity (Wildman–Crippen MR) is 114 cm³/mol. The molecule has 8 heteroatoms. The van der Waals surface area contributed by atoms with Crippen molar-refractivity contribution in [2.75, 3.05) is 13.1 Å². The first-order valence-electron chi connectivity index (χ1n) is 8.67. The number of nitrogens with two attached hydrogens (primary N) is 1. The highest BCUT2D eigenvalue weighted by atomic mass is 35.5. The number of thiazole rings is 1. The summed E-state index contributed by atoms with van der Waals surface area (Å²) in [5, 5.41) is 2.84. The van der Waals surface area contributed by atoms with E-state index in [9.17, 15) is 4.79 Å². The van der Waals surface area contributed by atoms with Gasteiger partial charge >= 0.3 is 0 Å². The van der Waals surface area contributed by atoms with Crippen LogP contribution < -0.4 is 10.5 Å². The zero-order valence-corrected chi connectivity index (χ0v) is 18.0. The van der Waals surface area contributed by atoms with Crippen LogP contribution in [0.25, 0.3) is 0 Å². The smallest absolute Gasteiger partial charge is 0.228 e. The maximum atomic E-state index is 12.5. The van der Waals surface area contributed by atoms with E-state index in [-0.39, 0.29) is 36.8 Å². The number of amides is 1. The summed E-state index contributed by atoms with van der Waals surface area (Å²) < 4.78 is 5.75. The summed E-state index contributed by atoms with van der Waals surface area (Å²) in [6, 6.07) is 8.22. The largest absolute Gasteiger partial charge is 0.486 e. The number of benzene rings is 1. The van der Waals surface area contributed by atoms with Crippen LogP contribution in [0.4, 0.5) is 0 Å². The number of hydrogen-bond donors (Lipinski definition) is 1. The Hall–Kier alpha value is -1.34. The molecule has 1 saturated heterocycles. The normalized spacial score (nSPS) is 18.6. The molecule has 0 spiro atoms.